The Bertz CT molecular complexity index is 396. The van der Waals surface area contributed by atoms with Crippen LogP contribution >= 0.6 is 11.6 Å². The first-order valence-electron chi connectivity index (χ1n) is 3.96. The molecule has 0 saturated heterocycles. The molecule has 0 saturated carbocycles. The van der Waals surface area contributed by atoms with Crippen molar-refractivity contribution < 1.29 is 9.47 Å². The number of benzene rings is 1. The molecular weight excluding hydrogens is 202 g/mol. The van der Waals surface area contributed by atoms with Crippen LogP contribution in [0.1, 0.15) is 11.1 Å². The molecule has 0 fully saturated rings. The van der Waals surface area contributed by atoms with Gasteiger partial charge in [-0.1, -0.05) is 11.6 Å². The van der Waals surface area contributed by atoms with Crippen LogP contribution in [0.15, 0.2) is 6.07 Å². The van der Waals surface area contributed by atoms with Crippen molar-refractivity contribution in [3.05, 3.63) is 22.2 Å². The monoisotopic (exact) mass is 211 g/mol. The van der Waals surface area contributed by atoms with Gasteiger partial charge in [0.05, 0.1) is 19.2 Å². The number of rotatable bonds is 2. The smallest absolute Gasteiger partial charge is 0.180 e. The van der Waals surface area contributed by atoms with Crippen LogP contribution in [0.5, 0.6) is 11.5 Å². The fourth-order valence-electron chi connectivity index (χ4n) is 1.20. The van der Waals surface area contributed by atoms with Gasteiger partial charge in [0.2, 0.25) is 0 Å². The van der Waals surface area contributed by atoms with E-state index >= 15 is 0 Å². The molecule has 0 aliphatic heterocycles. The number of methoxy groups -OCH3 is 2. The van der Waals surface area contributed by atoms with Gasteiger partial charge in [-0.2, -0.15) is 5.26 Å². The lowest BCUT2D eigenvalue weighted by Crippen LogP contribution is -1.96. The zero-order valence-electron chi connectivity index (χ0n) is 8.22. The minimum absolute atomic E-state index is 0.311. The van der Waals surface area contributed by atoms with E-state index in [2.05, 4.69) is 0 Å². The molecule has 0 aliphatic carbocycles. The molecular formula is C10H10ClNO2. The molecule has 0 N–H and O–H groups in total. The van der Waals surface area contributed by atoms with Gasteiger partial charge in [-0.15, -0.1) is 0 Å². The van der Waals surface area contributed by atoms with Gasteiger partial charge in [-0.25, -0.2) is 0 Å². The van der Waals surface area contributed by atoms with Crippen LogP contribution in [-0.2, 0) is 0 Å². The molecule has 0 spiro atoms. The van der Waals surface area contributed by atoms with Crippen molar-refractivity contribution in [2.45, 2.75) is 6.92 Å². The standard InChI is InChI=1S/C10H10ClNO2/c1-6-4-8(13-2)10(14-3)7(5-12)9(6)11/h4H,1-3H3. The molecule has 0 heterocycles. The summed E-state index contributed by atoms with van der Waals surface area (Å²) in [4.78, 5) is 0. The van der Waals surface area contributed by atoms with Crippen LogP contribution in [-0.4, -0.2) is 14.2 Å². The number of hydrogen-bond donors (Lipinski definition) is 0. The molecule has 1 rings (SSSR count). The van der Waals surface area contributed by atoms with E-state index in [1.807, 2.05) is 13.0 Å². The SMILES string of the molecule is COc1cc(C)c(Cl)c(C#N)c1OC. The van der Waals surface area contributed by atoms with E-state index in [4.69, 9.17) is 26.3 Å². The average molecular weight is 212 g/mol. The molecule has 3 nitrogen and oxygen atoms in total. The normalized spacial score (nSPS) is 9.36. The summed E-state index contributed by atoms with van der Waals surface area (Å²) >= 11 is 5.95. The number of nitriles is 1. The number of halogens is 1. The Labute approximate surface area is 87.8 Å². The van der Waals surface area contributed by atoms with Crippen molar-refractivity contribution in [3.8, 4) is 17.6 Å². The maximum atomic E-state index is 8.90. The number of nitrogens with zero attached hydrogens (tertiary/aromatic N) is 1. The van der Waals surface area contributed by atoms with Crippen molar-refractivity contribution >= 4 is 11.6 Å². The van der Waals surface area contributed by atoms with Gasteiger partial charge in [0.25, 0.3) is 0 Å². The second-order valence-electron chi connectivity index (χ2n) is 2.73. The third-order valence-electron chi connectivity index (χ3n) is 1.90. The largest absolute Gasteiger partial charge is 0.493 e. The minimum Gasteiger partial charge on any atom is -0.493 e. The first-order valence-corrected chi connectivity index (χ1v) is 4.34. The number of hydrogen-bond acceptors (Lipinski definition) is 3. The van der Waals surface area contributed by atoms with E-state index in [0.29, 0.717) is 22.1 Å². The van der Waals surface area contributed by atoms with Crippen molar-refractivity contribution in [2.75, 3.05) is 14.2 Å². The topological polar surface area (TPSA) is 42.2 Å². The van der Waals surface area contributed by atoms with Crippen molar-refractivity contribution in [1.82, 2.24) is 0 Å². The molecule has 1 aromatic carbocycles. The maximum absolute atomic E-state index is 8.90. The van der Waals surface area contributed by atoms with E-state index in [1.54, 1.807) is 6.07 Å². The predicted octanol–water partition coefficient (Wildman–Crippen LogP) is 2.54. The molecule has 0 unspecified atom stereocenters. The predicted molar refractivity (Wildman–Crippen MR) is 54.0 cm³/mol. The lowest BCUT2D eigenvalue weighted by atomic mass is 10.1. The van der Waals surface area contributed by atoms with Crippen LogP contribution < -0.4 is 9.47 Å². The Morgan fingerprint density at radius 3 is 2.43 bits per heavy atom. The zero-order valence-corrected chi connectivity index (χ0v) is 8.97. The van der Waals surface area contributed by atoms with E-state index in [0.717, 1.165) is 5.56 Å². The molecule has 0 bridgehead atoms. The summed E-state index contributed by atoms with van der Waals surface area (Å²) in [5.41, 5.74) is 1.10. The van der Waals surface area contributed by atoms with Gasteiger partial charge in [0.15, 0.2) is 11.5 Å². The van der Waals surface area contributed by atoms with E-state index in [1.165, 1.54) is 14.2 Å². The van der Waals surface area contributed by atoms with Gasteiger partial charge in [0.1, 0.15) is 11.6 Å². The summed E-state index contributed by atoms with van der Waals surface area (Å²) in [6.07, 6.45) is 0. The Morgan fingerprint density at radius 2 is 2.00 bits per heavy atom. The molecule has 4 heteroatoms. The number of aryl methyl sites for hydroxylation is 1. The molecule has 14 heavy (non-hydrogen) atoms. The highest BCUT2D eigenvalue weighted by atomic mass is 35.5. The minimum atomic E-state index is 0.311. The third-order valence-corrected chi connectivity index (χ3v) is 2.39. The summed E-state index contributed by atoms with van der Waals surface area (Å²) in [7, 11) is 3.00. The molecule has 0 aliphatic rings. The van der Waals surface area contributed by atoms with Crippen LogP contribution in [0.3, 0.4) is 0 Å². The van der Waals surface area contributed by atoms with Crippen molar-refractivity contribution in [1.29, 1.82) is 5.26 Å². The summed E-state index contributed by atoms with van der Waals surface area (Å²) in [6, 6.07) is 3.73. The summed E-state index contributed by atoms with van der Waals surface area (Å²) in [5, 5.41) is 9.31. The summed E-state index contributed by atoms with van der Waals surface area (Å²) in [6.45, 7) is 1.81. The number of ether oxygens (including phenoxy) is 2. The molecule has 0 aromatic heterocycles. The van der Waals surface area contributed by atoms with Crippen LogP contribution in [0, 0.1) is 18.3 Å². The first kappa shape index (κ1) is 10.7. The Balaban J connectivity index is 3.52. The zero-order chi connectivity index (χ0) is 10.7. The van der Waals surface area contributed by atoms with Crippen LogP contribution in [0.2, 0.25) is 5.02 Å². The second kappa shape index (κ2) is 4.21. The van der Waals surface area contributed by atoms with Gasteiger partial charge in [-0.3, -0.25) is 0 Å². The van der Waals surface area contributed by atoms with Gasteiger partial charge in [0, 0.05) is 0 Å². The quantitative estimate of drug-likeness (QED) is 0.755. The fraction of sp³-hybridized carbons (Fsp3) is 0.300. The summed E-state index contributed by atoms with van der Waals surface area (Å²) < 4.78 is 10.1. The Hall–Kier alpha value is -1.40. The molecule has 1 aromatic rings. The fourth-order valence-corrected chi connectivity index (χ4v) is 1.38. The first-order chi connectivity index (χ1) is 6.65. The summed E-state index contributed by atoms with van der Waals surface area (Å²) in [5.74, 6) is 0.900. The van der Waals surface area contributed by atoms with E-state index < -0.39 is 0 Å². The molecule has 0 amide bonds. The Kier molecular flexibility index (Phi) is 3.21. The highest BCUT2D eigenvalue weighted by Crippen LogP contribution is 2.37. The average Bonchev–Trinajstić information content (AvgIpc) is 2.20. The molecule has 0 atom stereocenters. The van der Waals surface area contributed by atoms with E-state index in [-0.39, 0.29) is 0 Å². The Morgan fingerprint density at radius 1 is 1.36 bits per heavy atom. The lowest BCUT2D eigenvalue weighted by molar-refractivity contribution is 0.354. The van der Waals surface area contributed by atoms with E-state index in [9.17, 15) is 0 Å². The lowest BCUT2D eigenvalue weighted by Gasteiger charge is -2.11. The highest BCUT2D eigenvalue weighted by molar-refractivity contribution is 6.32. The van der Waals surface area contributed by atoms with Crippen molar-refractivity contribution in [3.63, 3.8) is 0 Å². The molecule has 74 valence electrons. The van der Waals surface area contributed by atoms with Gasteiger partial charge >= 0.3 is 0 Å². The van der Waals surface area contributed by atoms with Gasteiger partial charge < -0.3 is 9.47 Å². The second-order valence-corrected chi connectivity index (χ2v) is 3.11. The van der Waals surface area contributed by atoms with Crippen LogP contribution in [0.4, 0.5) is 0 Å². The van der Waals surface area contributed by atoms with Crippen LogP contribution in [0.25, 0.3) is 0 Å². The van der Waals surface area contributed by atoms with Crippen molar-refractivity contribution in [2.24, 2.45) is 0 Å². The molecule has 0 radical (unpaired) electrons. The maximum Gasteiger partial charge on any atom is 0.180 e. The highest BCUT2D eigenvalue weighted by Gasteiger charge is 2.15. The van der Waals surface area contributed by atoms with Gasteiger partial charge in [-0.05, 0) is 18.6 Å². The third kappa shape index (κ3) is 1.61.